The van der Waals surface area contributed by atoms with Crippen LogP contribution in [-0.4, -0.2) is 67.8 Å². The number of nitrogens with one attached hydrogen (secondary N) is 1. The van der Waals surface area contributed by atoms with E-state index in [-0.39, 0.29) is 24.5 Å². The summed E-state index contributed by atoms with van der Waals surface area (Å²) in [6.45, 7) is 1.10. The van der Waals surface area contributed by atoms with E-state index < -0.39 is 0 Å². The van der Waals surface area contributed by atoms with E-state index in [0.717, 1.165) is 5.75 Å². The van der Waals surface area contributed by atoms with Gasteiger partial charge in [0.1, 0.15) is 12.7 Å². The third kappa shape index (κ3) is 4.98. The number of carbonyl (C=O) groups excluding carboxylic acids is 1. The van der Waals surface area contributed by atoms with Crippen LogP contribution in [0.15, 0.2) is 30.3 Å². The van der Waals surface area contributed by atoms with Gasteiger partial charge in [0.15, 0.2) is 11.5 Å². The first-order chi connectivity index (χ1) is 13.1. The molecule has 1 aromatic heterocycles. The zero-order valence-electron chi connectivity index (χ0n) is 15.5. The number of likely N-dealkylation sites (N-methyl/N-ethyl adjacent to an activating group) is 1. The molecule has 1 atom stereocenters. The van der Waals surface area contributed by atoms with Crippen molar-refractivity contribution in [3.63, 3.8) is 0 Å². The van der Waals surface area contributed by atoms with Crippen molar-refractivity contribution in [2.75, 3.05) is 46.3 Å². The average Bonchev–Trinajstić information content (AvgIpc) is 2.67. The van der Waals surface area contributed by atoms with Crippen molar-refractivity contribution in [2.45, 2.75) is 6.10 Å². The maximum atomic E-state index is 12.3. The van der Waals surface area contributed by atoms with Gasteiger partial charge in [-0.15, -0.1) is 0 Å². The van der Waals surface area contributed by atoms with Crippen LogP contribution in [0, 0.1) is 0 Å². The highest BCUT2D eigenvalue weighted by atomic mass is 16.6. The molecule has 1 N–H and O–H groups in total. The van der Waals surface area contributed by atoms with Gasteiger partial charge >= 0.3 is 0 Å². The van der Waals surface area contributed by atoms with Gasteiger partial charge in [0.2, 0.25) is 23.6 Å². The summed E-state index contributed by atoms with van der Waals surface area (Å²) in [6.07, 6.45) is -0.161. The van der Waals surface area contributed by atoms with E-state index in [1.54, 1.807) is 0 Å². The first-order valence-corrected chi connectivity index (χ1v) is 8.41. The molecule has 9 nitrogen and oxygen atoms in total. The first-order valence-electron chi connectivity index (χ1n) is 8.41. The summed E-state index contributed by atoms with van der Waals surface area (Å²) in [5.74, 6) is 1.91. The predicted molar refractivity (Wildman–Crippen MR) is 97.6 cm³/mol. The molecule has 2 heterocycles. The smallest absolute Gasteiger partial charge is 0.240 e. The number of anilines is 1. The highest BCUT2D eigenvalue weighted by Crippen LogP contribution is 2.30. The highest BCUT2D eigenvalue weighted by molar-refractivity contribution is 5.90. The van der Waals surface area contributed by atoms with Crippen LogP contribution in [0.3, 0.4) is 0 Å². The molecule has 0 bridgehead atoms. The Bertz CT molecular complexity index is 779. The molecule has 0 saturated carbocycles. The van der Waals surface area contributed by atoms with Gasteiger partial charge in [-0.1, -0.05) is 12.1 Å². The number of carbonyl (C=O) groups is 1. The summed E-state index contributed by atoms with van der Waals surface area (Å²) in [5.41, 5.74) is 0. The number of methoxy groups -OCH3 is 2. The molecule has 1 amide bonds. The van der Waals surface area contributed by atoms with E-state index in [2.05, 4.69) is 15.3 Å². The molecule has 0 spiro atoms. The van der Waals surface area contributed by atoms with E-state index in [0.29, 0.717) is 30.7 Å². The third-order valence-electron chi connectivity index (χ3n) is 3.84. The van der Waals surface area contributed by atoms with Gasteiger partial charge in [-0.25, -0.2) is 0 Å². The molecule has 1 aliphatic heterocycles. The second-order valence-corrected chi connectivity index (χ2v) is 6.02. The average molecular weight is 374 g/mol. The van der Waals surface area contributed by atoms with E-state index in [1.807, 2.05) is 36.2 Å². The van der Waals surface area contributed by atoms with Gasteiger partial charge in [0, 0.05) is 6.54 Å². The Morgan fingerprint density at radius 2 is 1.89 bits per heavy atom. The first kappa shape index (κ1) is 18.7. The molecular weight excluding hydrogens is 352 g/mol. The van der Waals surface area contributed by atoms with Crippen molar-refractivity contribution in [3.05, 3.63) is 30.3 Å². The van der Waals surface area contributed by atoms with Crippen molar-refractivity contribution in [3.8, 4) is 23.3 Å². The largest absolute Gasteiger partial charge is 0.486 e. The van der Waals surface area contributed by atoms with Crippen molar-refractivity contribution in [1.29, 1.82) is 0 Å². The molecule has 27 heavy (non-hydrogen) atoms. The lowest BCUT2D eigenvalue weighted by atomic mass is 10.2. The van der Waals surface area contributed by atoms with E-state index >= 15 is 0 Å². The number of ether oxygens (including phenoxy) is 4. The fourth-order valence-corrected chi connectivity index (χ4v) is 2.64. The summed E-state index contributed by atoms with van der Waals surface area (Å²) in [6, 6.07) is 9.05. The number of nitrogens with zero attached hydrogens (tertiary/aromatic N) is 3. The SMILES string of the molecule is COc1cc(OC)nc(NC(=O)CN(C)C[C@H]2COc3ccccc3O2)n1. The van der Waals surface area contributed by atoms with Crippen LogP contribution in [0.25, 0.3) is 0 Å². The molecule has 1 aliphatic rings. The van der Waals surface area contributed by atoms with E-state index in [9.17, 15) is 4.79 Å². The Morgan fingerprint density at radius 1 is 1.22 bits per heavy atom. The number of fused-ring (bicyclic) bond motifs is 1. The quantitative estimate of drug-likeness (QED) is 0.773. The van der Waals surface area contributed by atoms with Crippen molar-refractivity contribution < 1.29 is 23.7 Å². The lowest BCUT2D eigenvalue weighted by Gasteiger charge is -2.29. The predicted octanol–water partition coefficient (Wildman–Crippen LogP) is 1.20. The molecule has 9 heteroatoms. The molecule has 0 unspecified atom stereocenters. The Balaban J connectivity index is 1.52. The van der Waals surface area contributed by atoms with Gasteiger partial charge < -0.3 is 18.9 Å². The Kier molecular flexibility index (Phi) is 5.92. The molecule has 1 aromatic carbocycles. The van der Waals surface area contributed by atoms with Crippen LogP contribution < -0.4 is 24.3 Å². The summed E-state index contributed by atoms with van der Waals surface area (Å²) in [7, 11) is 4.79. The zero-order valence-corrected chi connectivity index (χ0v) is 15.5. The monoisotopic (exact) mass is 374 g/mol. The van der Waals surface area contributed by atoms with Crippen LogP contribution in [0.5, 0.6) is 23.3 Å². The van der Waals surface area contributed by atoms with Crippen molar-refractivity contribution >= 4 is 11.9 Å². The minimum Gasteiger partial charge on any atom is -0.486 e. The topological polar surface area (TPSA) is 95.0 Å². The maximum Gasteiger partial charge on any atom is 0.240 e. The fraction of sp³-hybridized carbons (Fsp3) is 0.389. The van der Waals surface area contributed by atoms with Crippen LogP contribution in [0.1, 0.15) is 0 Å². The molecule has 0 aliphatic carbocycles. The summed E-state index contributed by atoms with van der Waals surface area (Å²) < 4.78 is 21.7. The van der Waals surface area contributed by atoms with Crippen LogP contribution in [0.2, 0.25) is 0 Å². The third-order valence-corrected chi connectivity index (χ3v) is 3.84. The summed E-state index contributed by atoms with van der Waals surface area (Å²) in [5, 5.41) is 2.64. The Morgan fingerprint density at radius 3 is 2.56 bits per heavy atom. The Hall–Kier alpha value is -3.07. The van der Waals surface area contributed by atoms with E-state index in [1.165, 1.54) is 20.3 Å². The normalized spacial score (nSPS) is 15.3. The molecule has 0 saturated heterocycles. The molecule has 144 valence electrons. The number of amides is 1. The van der Waals surface area contributed by atoms with Crippen molar-refractivity contribution in [1.82, 2.24) is 14.9 Å². The number of aromatic nitrogens is 2. The van der Waals surface area contributed by atoms with Crippen LogP contribution in [-0.2, 0) is 4.79 Å². The summed E-state index contributed by atoms with van der Waals surface area (Å²) in [4.78, 5) is 22.3. The molecule has 0 radical (unpaired) electrons. The van der Waals surface area contributed by atoms with E-state index in [4.69, 9.17) is 18.9 Å². The second kappa shape index (κ2) is 8.54. The number of benzene rings is 1. The second-order valence-electron chi connectivity index (χ2n) is 6.02. The number of hydrogen-bond donors (Lipinski definition) is 1. The lowest BCUT2D eigenvalue weighted by Crippen LogP contribution is -2.42. The van der Waals surface area contributed by atoms with Gasteiger partial charge in [-0.3, -0.25) is 15.0 Å². The standard InChI is InChI=1S/C18H22N4O5/c1-22(9-12-11-26-13-6-4-5-7-14(13)27-12)10-15(23)19-18-20-16(24-2)8-17(21-18)25-3/h4-8,12H,9-11H2,1-3H3,(H,19,20,21,23)/t12-/m0/s1. The van der Waals surface area contributed by atoms with Gasteiger partial charge in [0.05, 0.1) is 26.8 Å². The highest BCUT2D eigenvalue weighted by Gasteiger charge is 2.22. The molecule has 3 rings (SSSR count). The molecule has 2 aromatic rings. The lowest BCUT2D eigenvalue weighted by molar-refractivity contribution is -0.117. The zero-order chi connectivity index (χ0) is 19.2. The number of rotatable bonds is 7. The Labute approximate surface area is 157 Å². The van der Waals surface area contributed by atoms with Gasteiger partial charge in [-0.2, -0.15) is 9.97 Å². The minimum absolute atomic E-state index is 0.121. The molecular formula is C18H22N4O5. The fourth-order valence-electron chi connectivity index (χ4n) is 2.64. The number of para-hydroxylation sites is 2. The summed E-state index contributed by atoms with van der Waals surface area (Å²) >= 11 is 0. The van der Waals surface area contributed by atoms with Crippen molar-refractivity contribution in [2.24, 2.45) is 0 Å². The number of hydrogen-bond acceptors (Lipinski definition) is 8. The van der Waals surface area contributed by atoms with Gasteiger partial charge in [0.25, 0.3) is 0 Å². The van der Waals surface area contributed by atoms with Crippen LogP contribution in [0.4, 0.5) is 5.95 Å². The van der Waals surface area contributed by atoms with Gasteiger partial charge in [-0.05, 0) is 19.2 Å². The van der Waals surface area contributed by atoms with Crippen LogP contribution >= 0.6 is 0 Å². The minimum atomic E-state index is -0.259. The molecule has 0 fully saturated rings. The maximum absolute atomic E-state index is 12.3.